The molecule has 0 bridgehead atoms. The van der Waals surface area contributed by atoms with E-state index in [0.717, 1.165) is 30.4 Å². The van der Waals surface area contributed by atoms with Crippen LogP contribution in [0.3, 0.4) is 0 Å². The van der Waals surface area contributed by atoms with Crippen molar-refractivity contribution in [3.63, 3.8) is 0 Å². The lowest BCUT2D eigenvalue weighted by Gasteiger charge is -2.28. The molecule has 0 saturated carbocycles. The Morgan fingerprint density at radius 2 is 1.96 bits per heavy atom. The smallest absolute Gasteiger partial charge is 0.191 e. The summed E-state index contributed by atoms with van der Waals surface area (Å²) in [5, 5.41) is 6.83. The zero-order chi connectivity index (χ0) is 18.2. The van der Waals surface area contributed by atoms with Crippen LogP contribution < -0.4 is 15.4 Å². The van der Waals surface area contributed by atoms with E-state index in [0.29, 0.717) is 0 Å². The van der Waals surface area contributed by atoms with Crippen molar-refractivity contribution in [3.05, 3.63) is 29.8 Å². The van der Waals surface area contributed by atoms with Gasteiger partial charge in [0.25, 0.3) is 0 Å². The van der Waals surface area contributed by atoms with Gasteiger partial charge in [-0.25, -0.2) is 0 Å². The number of thioether (sulfide) groups is 1. The minimum Gasteiger partial charge on any atom is -0.496 e. The first-order chi connectivity index (χ1) is 11.3. The third kappa shape index (κ3) is 6.24. The molecule has 0 aliphatic heterocycles. The molecule has 1 atom stereocenters. The van der Waals surface area contributed by atoms with Gasteiger partial charge in [0, 0.05) is 30.4 Å². The third-order valence-corrected chi connectivity index (χ3v) is 5.29. The molecule has 0 heterocycles. The molecule has 0 saturated heterocycles. The fourth-order valence-electron chi connectivity index (χ4n) is 2.30. The van der Waals surface area contributed by atoms with Gasteiger partial charge in [-0.2, -0.15) is 11.8 Å². The Morgan fingerprint density at radius 1 is 1.29 bits per heavy atom. The first-order valence-electron chi connectivity index (χ1n) is 8.13. The van der Waals surface area contributed by atoms with Crippen LogP contribution in [0.2, 0.25) is 0 Å². The van der Waals surface area contributed by atoms with E-state index >= 15 is 0 Å². The van der Waals surface area contributed by atoms with Gasteiger partial charge >= 0.3 is 0 Å². The van der Waals surface area contributed by atoms with Gasteiger partial charge in [0.1, 0.15) is 5.75 Å². The van der Waals surface area contributed by atoms with Crippen molar-refractivity contribution in [2.24, 2.45) is 4.99 Å². The number of ether oxygens (including phenoxy) is 1. The molecule has 1 aromatic carbocycles. The summed E-state index contributed by atoms with van der Waals surface area (Å²) in [6.45, 7) is 6.03. The third-order valence-electron chi connectivity index (χ3n) is 4.04. The normalized spacial score (nSPS) is 13.8. The molecular weight excluding hydrogens is 320 g/mol. The molecule has 6 heteroatoms. The maximum atomic E-state index is 5.51. The van der Waals surface area contributed by atoms with Crippen LogP contribution in [-0.2, 0) is 0 Å². The number of nitrogens with zero attached hydrogens (tertiary/aromatic N) is 2. The molecule has 1 unspecified atom stereocenters. The Morgan fingerprint density at radius 3 is 2.50 bits per heavy atom. The highest BCUT2D eigenvalue weighted by Gasteiger charge is 2.20. The van der Waals surface area contributed by atoms with Crippen molar-refractivity contribution in [3.8, 4) is 5.75 Å². The molecule has 0 spiro atoms. The summed E-state index contributed by atoms with van der Waals surface area (Å²) in [6, 6.07) is 8.34. The van der Waals surface area contributed by atoms with Crippen LogP contribution in [0.1, 0.15) is 25.5 Å². The van der Waals surface area contributed by atoms with Crippen LogP contribution in [0, 0.1) is 0 Å². The molecule has 0 fully saturated rings. The van der Waals surface area contributed by atoms with Gasteiger partial charge in [-0.1, -0.05) is 18.2 Å². The first-order valence-corrected chi connectivity index (χ1v) is 9.36. The van der Waals surface area contributed by atoms with Crippen molar-refractivity contribution in [2.75, 3.05) is 47.6 Å². The van der Waals surface area contributed by atoms with E-state index < -0.39 is 0 Å². The van der Waals surface area contributed by atoms with Crippen molar-refractivity contribution >= 4 is 17.7 Å². The van der Waals surface area contributed by atoms with Crippen LogP contribution in [0.5, 0.6) is 5.75 Å². The predicted octanol–water partition coefficient (Wildman–Crippen LogP) is 2.60. The second-order valence-corrected chi connectivity index (χ2v) is 8.01. The molecule has 1 rings (SSSR count). The number of guanidine groups is 1. The Balaban J connectivity index is 2.75. The standard InChI is InChI=1S/C18H32N4OS/c1-18(2,24-7)13-21-17(19-3)20-12-15(22(4)5)14-10-8-9-11-16(14)23-6/h8-11,15H,12-13H2,1-7H3,(H2,19,20,21). The van der Waals surface area contributed by atoms with Crippen molar-refractivity contribution < 1.29 is 4.74 Å². The predicted molar refractivity (Wildman–Crippen MR) is 106 cm³/mol. The summed E-state index contributed by atoms with van der Waals surface area (Å²) < 4.78 is 5.68. The maximum Gasteiger partial charge on any atom is 0.191 e. The van der Waals surface area contributed by atoms with E-state index in [2.05, 4.69) is 60.8 Å². The molecule has 136 valence electrons. The van der Waals surface area contributed by atoms with Crippen molar-refractivity contribution in [2.45, 2.75) is 24.6 Å². The van der Waals surface area contributed by atoms with E-state index in [1.165, 1.54) is 0 Å². The topological polar surface area (TPSA) is 48.9 Å². The molecule has 0 aromatic heterocycles. The van der Waals surface area contributed by atoms with E-state index in [9.17, 15) is 0 Å². The lowest BCUT2D eigenvalue weighted by Crippen LogP contribution is -2.45. The minimum absolute atomic E-state index is 0.168. The van der Waals surface area contributed by atoms with Crippen molar-refractivity contribution in [1.82, 2.24) is 15.5 Å². The molecule has 24 heavy (non-hydrogen) atoms. The van der Waals surface area contributed by atoms with Crippen LogP contribution in [-0.4, -0.2) is 63.2 Å². The van der Waals surface area contributed by atoms with Gasteiger partial charge in [0.2, 0.25) is 0 Å². The Hall–Kier alpha value is -1.40. The number of para-hydroxylation sites is 1. The summed E-state index contributed by atoms with van der Waals surface area (Å²) in [4.78, 5) is 6.51. The average Bonchev–Trinajstić information content (AvgIpc) is 2.57. The van der Waals surface area contributed by atoms with Crippen LogP contribution >= 0.6 is 11.8 Å². The van der Waals surface area contributed by atoms with E-state index in [1.54, 1.807) is 14.2 Å². The summed E-state index contributed by atoms with van der Waals surface area (Å²) in [6.07, 6.45) is 2.13. The lowest BCUT2D eigenvalue weighted by atomic mass is 10.0. The zero-order valence-electron chi connectivity index (χ0n) is 16.0. The van der Waals surface area contributed by atoms with Gasteiger partial charge in [0.05, 0.1) is 13.2 Å². The highest BCUT2D eigenvalue weighted by atomic mass is 32.2. The van der Waals surface area contributed by atoms with Crippen LogP contribution in [0.4, 0.5) is 0 Å². The number of aliphatic imine (C=N–C) groups is 1. The SMILES string of the molecule is CN=C(NCC(c1ccccc1OC)N(C)C)NCC(C)(C)SC. The molecule has 0 aliphatic carbocycles. The van der Waals surface area contributed by atoms with E-state index in [-0.39, 0.29) is 10.8 Å². The zero-order valence-corrected chi connectivity index (χ0v) is 16.8. The second kappa shape index (κ2) is 9.79. The monoisotopic (exact) mass is 352 g/mol. The largest absolute Gasteiger partial charge is 0.496 e. The Bertz CT molecular complexity index is 532. The average molecular weight is 353 g/mol. The fourth-order valence-corrected chi connectivity index (χ4v) is 2.51. The second-order valence-electron chi connectivity index (χ2n) is 6.49. The highest BCUT2D eigenvalue weighted by Crippen LogP contribution is 2.27. The van der Waals surface area contributed by atoms with Gasteiger partial charge in [0.15, 0.2) is 5.96 Å². The number of rotatable bonds is 8. The summed E-state index contributed by atoms with van der Waals surface area (Å²) in [5.41, 5.74) is 1.16. The van der Waals surface area contributed by atoms with Crippen LogP contribution in [0.25, 0.3) is 0 Å². The molecular formula is C18H32N4OS. The number of likely N-dealkylation sites (N-methyl/N-ethyl adjacent to an activating group) is 1. The number of hydrogen-bond acceptors (Lipinski definition) is 4. The summed E-state index contributed by atoms with van der Waals surface area (Å²) in [7, 11) is 7.66. The number of methoxy groups -OCH3 is 1. The lowest BCUT2D eigenvalue weighted by molar-refractivity contribution is 0.287. The fraction of sp³-hybridized carbons (Fsp3) is 0.611. The molecule has 0 amide bonds. The van der Waals surface area contributed by atoms with Gasteiger partial charge < -0.3 is 20.3 Å². The minimum atomic E-state index is 0.168. The van der Waals surface area contributed by atoms with Crippen LogP contribution in [0.15, 0.2) is 29.3 Å². The Kier molecular flexibility index (Phi) is 8.42. The summed E-state index contributed by atoms with van der Waals surface area (Å²) >= 11 is 1.84. The maximum absolute atomic E-state index is 5.51. The first kappa shape index (κ1) is 20.6. The quantitative estimate of drug-likeness (QED) is 0.556. The molecule has 1 aromatic rings. The Labute approximate surface area is 151 Å². The van der Waals surface area contributed by atoms with Gasteiger partial charge in [-0.3, -0.25) is 4.99 Å². The molecule has 2 N–H and O–H groups in total. The molecule has 0 radical (unpaired) electrons. The summed E-state index contributed by atoms with van der Waals surface area (Å²) in [5.74, 6) is 1.73. The number of nitrogens with one attached hydrogen (secondary N) is 2. The number of benzene rings is 1. The van der Waals surface area contributed by atoms with Crippen molar-refractivity contribution in [1.29, 1.82) is 0 Å². The van der Waals surface area contributed by atoms with E-state index in [1.807, 2.05) is 30.0 Å². The molecule has 5 nitrogen and oxygen atoms in total. The molecule has 0 aliphatic rings. The number of hydrogen-bond donors (Lipinski definition) is 2. The highest BCUT2D eigenvalue weighted by molar-refractivity contribution is 7.99. The van der Waals surface area contributed by atoms with Gasteiger partial charge in [-0.05, 0) is 40.3 Å². The van der Waals surface area contributed by atoms with Gasteiger partial charge in [-0.15, -0.1) is 0 Å². The van der Waals surface area contributed by atoms with E-state index in [4.69, 9.17) is 4.74 Å².